The van der Waals surface area contributed by atoms with Crippen LogP contribution in [0.3, 0.4) is 0 Å². The maximum Gasteiger partial charge on any atom is 0.274 e. The Morgan fingerprint density at radius 1 is 1.15 bits per heavy atom. The Labute approximate surface area is 159 Å². The fourth-order valence-corrected chi connectivity index (χ4v) is 4.42. The third kappa shape index (κ3) is 3.23. The van der Waals surface area contributed by atoms with Gasteiger partial charge in [0.1, 0.15) is 0 Å². The van der Waals surface area contributed by atoms with E-state index in [2.05, 4.69) is 31.2 Å². The number of hydroxylamine groups is 1. The number of aryl methyl sites for hydroxylation is 2. The van der Waals surface area contributed by atoms with Crippen LogP contribution in [0.4, 0.5) is 0 Å². The highest BCUT2D eigenvalue weighted by Gasteiger charge is 2.47. The smallest absolute Gasteiger partial charge is 0.274 e. The number of nitrogens with zero attached hydrogens (tertiary/aromatic N) is 1. The van der Waals surface area contributed by atoms with Gasteiger partial charge in [0.15, 0.2) is 0 Å². The molecule has 1 aliphatic carbocycles. The lowest BCUT2D eigenvalue weighted by Crippen LogP contribution is -2.38. The van der Waals surface area contributed by atoms with Crippen molar-refractivity contribution >= 4 is 11.8 Å². The van der Waals surface area contributed by atoms with Crippen molar-refractivity contribution in [2.24, 2.45) is 5.41 Å². The molecule has 0 radical (unpaired) electrons. The molecule has 27 heavy (non-hydrogen) atoms. The summed E-state index contributed by atoms with van der Waals surface area (Å²) < 4.78 is 0. The summed E-state index contributed by atoms with van der Waals surface area (Å²) in [5.74, 6) is -0.290. The SMILES string of the molecule is Cc1ccc(CN2CC[C@]3(CCc4ccc(C(=O)NO)cc4C3)C2=O)cc1. The zero-order valence-corrected chi connectivity index (χ0v) is 15.5. The Morgan fingerprint density at radius 3 is 2.67 bits per heavy atom. The molecule has 1 aliphatic heterocycles. The lowest BCUT2D eigenvalue weighted by Gasteiger charge is -2.33. The quantitative estimate of drug-likeness (QED) is 0.650. The molecule has 2 aromatic rings. The third-order valence-electron chi connectivity index (χ3n) is 6.07. The van der Waals surface area contributed by atoms with Crippen LogP contribution in [0.1, 0.15) is 45.5 Å². The minimum absolute atomic E-state index is 0.228. The fourth-order valence-electron chi connectivity index (χ4n) is 4.42. The molecular formula is C22H24N2O3. The van der Waals surface area contributed by atoms with Gasteiger partial charge in [-0.05, 0) is 61.4 Å². The monoisotopic (exact) mass is 364 g/mol. The first kappa shape index (κ1) is 17.7. The van der Waals surface area contributed by atoms with Crippen LogP contribution in [0.5, 0.6) is 0 Å². The number of nitrogens with one attached hydrogen (secondary N) is 1. The molecule has 0 aromatic heterocycles. The van der Waals surface area contributed by atoms with E-state index in [9.17, 15) is 9.59 Å². The Balaban J connectivity index is 1.54. The van der Waals surface area contributed by atoms with Crippen molar-refractivity contribution in [1.29, 1.82) is 0 Å². The molecular weight excluding hydrogens is 340 g/mol. The maximum absolute atomic E-state index is 13.2. The molecule has 4 rings (SSSR count). The van der Waals surface area contributed by atoms with Gasteiger partial charge in [0.25, 0.3) is 5.91 Å². The molecule has 2 aromatic carbocycles. The number of benzene rings is 2. The lowest BCUT2D eigenvalue weighted by atomic mass is 9.70. The van der Waals surface area contributed by atoms with Gasteiger partial charge in [-0.15, -0.1) is 0 Å². The third-order valence-corrected chi connectivity index (χ3v) is 6.07. The molecule has 140 valence electrons. The van der Waals surface area contributed by atoms with E-state index in [0.29, 0.717) is 18.5 Å². The molecule has 1 fully saturated rings. The zero-order chi connectivity index (χ0) is 19.0. The normalized spacial score (nSPS) is 21.4. The summed E-state index contributed by atoms with van der Waals surface area (Å²) >= 11 is 0. The first-order chi connectivity index (χ1) is 13.0. The van der Waals surface area contributed by atoms with Gasteiger partial charge in [-0.2, -0.15) is 0 Å². The molecule has 1 atom stereocenters. The molecule has 2 aliphatic rings. The van der Waals surface area contributed by atoms with Crippen LogP contribution < -0.4 is 5.48 Å². The van der Waals surface area contributed by atoms with Crippen molar-refractivity contribution in [3.05, 3.63) is 70.3 Å². The Hall–Kier alpha value is -2.66. The number of fused-ring (bicyclic) bond motifs is 1. The number of hydrogen-bond acceptors (Lipinski definition) is 3. The van der Waals surface area contributed by atoms with Crippen molar-refractivity contribution in [2.45, 2.75) is 39.2 Å². The van der Waals surface area contributed by atoms with Crippen molar-refractivity contribution in [2.75, 3.05) is 6.54 Å². The molecule has 1 saturated heterocycles. The van der Waals surface area contributed by atoms with Gasteiger partial charge < -0.3 is 4.90 Å². The molecule has 0 saturated carbocycles. The van der Waals surface area contributed by atoms with Gasteiger partial charge in [-0.25, -0.2) is 5.48 Å². The summed E-state index contributed by atoms with van der Waals surface area (Å²) in [5.41, 5.74) is 6.37. The molecule has 5 nitrogen and oxygen atoms in total. The predicted molar refractivity (Wildman–Crippen MR) is 101 cm³/mol. The summed E-state index contributed by atoms with van der Waals surface area (Å²) in [6.45, 7) is 3.49. The first-order valence-electron chi connectivity index (χ1n) is 9.42. The van der Waals surface area contributed by atoms with Gasteiger partial charge >= 0.3 is 0 Å². The second-order valence-electron chi connectivity index (χ2n) is 7.84. The Morgan fingerprint density at radius 2 is 1.93 bits per heavy atom. The standard InChI is InChI=1S/C22H24N2O3/c1-15-2-4-16(5-3-15)14-24-11-10-22(21(24)26)9-8-17-6-7-18(20(25)23-27)12-19(17)13-22/h2-7,12,27H,8-11,13-14H2,1H3,(H,23,25)/t22-/m0/s1. The zero-order valence-electron chi connectivity index (χ0n) is 15.5. The van der Waals surface area contributed by atoms with E-state index in [1.54, 1.807) is 11.5 Å². The molecule has 0 unspecified atom stereocenters. The number of rotatable bonds is 3. The van der Waals surface area contributed by atoms with E-state index in [0.717, 1.165) is 36.9 Å². The second kappa shape index (κ2) is 6.82. The lowest BCUT2D eigenvalue weighted by molar-refractivity contribution is -0.137. The predicted octanol–water partition coefficient (Wildman–Crippen LogP) is 3.02. The van der Waals surface area contributed by atoms with Gasteiger partial charge in [0, 0.05) is 18.7 Å². The van der Waals surface area contributed by atoms with Gasteiger partial charge in [0.05, 0.1) is 5.41 Å². The summed E-state index contributed by atoms with van der Waals surface area (Å²) in [5, 5.41) is 8.87. The van der Waals surface area contributed by atoms with E-state index in [4.69, 9.17) is 5.21 Å². The van der Waals surface area contributed by atoms with Gasteiger partial charge in [0.2, 0.25) is 5.91 Å². The van der Waals surface area contributed by atoms with Crippen LogP contribution in [0, 0.1) is 12.3 Å². The van der Waals surface area contributed by atoms with Crippen LogP contribution in [-0.2, 0) is 24.2 Å². The molecule has 1 heterocycles. The summed E-state index contributed by atoms with van der Waals surface area (Å²) in [7, 11) is 0. The van der Waals surface area contributed by atoms with Crippen LogP contribution >= 0.6 is 0 Å². The van der Waals surface area contributed by atoms with Crippen LogP contribution in [0.15, 0.2) is 42.5 Å². The molecule has 5 heteroatoms. The summed E-state index contributed by atoms with van der Waals surface area (Å²) in [6, 6.07) is 13.8. The number of hydrogen-bond donors (Lipinski definition) is 2. The minimum atomic E-state index is -0.517. The highest BCUT2D eigenvalue weighted by molar-refractivity contribution is 5.93. The fraction of sp³-hybridized carbons (Fsp3) is 0.364. The number of likely N-dealkylation sites (tertiary alicyclic amines) is 1. The van der Waals surface area contributed by atoms with Gasteiger partial charge in [-0.3, -0.25) is 14.8 Å². The average Bonchev–Trinajstić information content (AvgIpc) is 2.98. The number of carbonyl (C=O) groups is 2. The highest BCUT2D eigenvalue weighted by atomic mass is 16.5. The highest BCUT2D eigenvalue weighted by Crippen LogP contribution is 2.44. The van der Waals surface area contributed by atoms with E-state index < -0.39 is 5.91 Å². The van der Waals surface area contributed by atoms with Crippen LogP contribution in [0.2, 0.25) is 0 Å². The first-order valence-corrected chi connectivity index (χ1v) is 9.42. The number of carbonyl (C=O) groups excluding carboxylic acids is 2. The maximum atomic E-state index is 13.2. The second-order valence-corrected chi connectivity index (χ2v) is 7.84. The topological polar surface area (TPSA) is 69.6 Å². The largest absolute Gasteiger partial charge is 0.338 e. The Bertz CT molecular complexity index is 891. The number of amides is 2. The minimum Gasteiger partial charge on any atom is -0.338 e. The van der Waals surface area contributed by atoms with Crippen molar-refractivity contribution in [3.8, 4) is 0 Å². The molecule has 1 spiro atoms. The van der Waals surface area contributed by atoms with Crippen molar-refractivity contribution in [1.82, 2.24) is 10.4 Å². The summed E-state index contributed by atoms with van der Waals surface area (Å²) in [4.78, 5) is 26.9. The van der Waals surface area contributed by atoms with Gasteiger partial charge in [-0.1, -0.05) is 35.9 Å². The van der Waals surface area contributed by atoms with E-state index >= 15 is 0 Å². The van der Waals surface area contributed by atoms with E-state index in [1.165, 1.54) is 11.1 Å². The molecule has 0 bridgehead atoms. The molecule has 2 N–H and O–H groups in total. The van der Waals surface area contributed by atoms with Crippen LogP contribution in [-0.4, -0.2) is 28.5 Å². The van der Waals surface area contributed by atoms with Crippen molar-refractivity contribution < 1.29 is 14.8 Å². The Kier molecular flexibility index (Phi) is 4.48. The van der Waals surface area contributed by atoms with Crippen LogP contribution in [0.25, 0.3) is 0 Å². The van der Waals surface area contributed by atoms with E-state index in [1.807, 2.05) is 17.0 Å². The van der Waals surface area contributed by atoms with E-state index in [-0.39, 0.29) is 11.3 Å². The summed E-state index contributed by atoms with van der Waals surface area (Å²) in [6.07, 6.45) is 3.22. The molecule has 2 amide bonds. The average molecular weight is 364 g/mol. The van der Waals surface area contributed by atoms with Crippen molar-refractivity contribution in [3.63, 3.8) is 0 Å².